The first kappa shape index (κ1) is 20.9. The summed E-state index contributed by atoms with van der Waals surface area (Å²) in [7, 11) is 0. The lowest BCUT2D eigenvalue weighted by molar-refractivity contribution is -0.137. The molecule has 1 aliphatic rings. The van der Waals surface area contributed by atoms with Crippen LogP contribution in [0.15, 0.2) is 54.6 Å². The topological polar surface area (TPSA) is 40.6 Å². The van der Waals surface area contributed by atoms with E-state index >= 15 is 0 Å². The highest BCUT2D eigenvalue weighted by Gasteiger charge is 2.32. The molecular weight excluding hydrogens is 381 g/mol. The van der Waals surface area contributed by atoms with Gasteiger partial charge in [-0.3, -0.25) is 9.59 Å². The molecule has 3 rings (SSSR count). The maximum absolute atomic E-state index is 12.9. The van der Waals surface area contributed by atoms with E-state index in [4.69, 9.17) is 0 Å². The molecule has 1 fully saturated rings. The molecule has 154 valence electrons. The minimum absolute atomic E-state index is 0.00956. The summed E-state index contributed by atoms with van der Waals surface area (Å²) in [5.74, 6) is -0.662. The highest BCUT2D eigenvalue weighted by molar-refractivity contribution is 5.94. The van der Waals surface area contributed by atoms with Gasteiger partial charge in [0.2, 0.25) is 5.91 Å². The van der Waals surface area contributed by atoms with Crippen molar-refractivity contribution >= 4 is 11.8 Å². The van der Waals surface area contributed by atoms with Gasteiger partial charge in [-0.15, -0.1) is 0 Å². The van der Waals surface area contributed by atoms with Crippen molar-refractivity contribution in [3.8, 4) is 0 Å². The maximum Gasteiger partial charge on any atom is 0.416 e. The van der Waals surface area contributed by atoms with Crippen LogP contribution in [0.4, 0.5) is 13.2 Å². The van der Waals surface area contributed by atoms with E-state index in [1.807, 2.05) is 37.3 Å². The van der Waals surface area contributed by atoms with Gasteiger partial charge in [-0.1, -0.05) is 43.3 Å². The fourth-order valence-corrected chi connectivity index (χ4v) is 3.60. The van der Waals surface area contributed by atoms with Gasteiger partial charge in [-0.25, -0.2) is 0 Å². The van der Waals surface area contributed by atoms with Crippen LogP contribution in [-0.4, -0.2) is 47.8 Å². The third-order valence-electron chi connectivity index (χ3n) is 5.22. The number of rotatable bonds is 4. The molecule has 0 bridgehead atoms. The Kier molecular flexibility index (Phi) is 6.25. The molecular formula is C22H23F3N2O2. The molecule has 0 radical (unpaired) electrons. The van der Waals surface area contributed by atoms with Crippen LogP contribution in [0.1, 0.15) is 40.7 Å². The highest BCUT2D eigenvalue weighted by atomic mass is 19.4. The van der Waals surface area contributed by atoms with Crippen LogP contribution in [0.2, 0.25) is 0 Å². The quantitative estimate of drug-likeness (QED) is 0.767. The predicted octanol–water partition coefficient (Wildman–Crippen LogP) is 4.18. The zero-order valence-electron chi connectivity index (χ0n) is 16.2. The second-order valence-electron chi connectivity index (χ2n) is 7.07. The Bertz CT molecular complexity index is 860. The Morgan fingerprint density at radius 2 is 1.55 bits per heavy atom. The van der Waals surface area contributed by atoms with E-state index < -0.39 is 17.6 Å². The van der Waals surface area contributed by atoms with Crippen molar-refractivity contribution in [1.82, 2.24) is 9.80 Å². The standard InChI is InChI=1S/C22H23F3N2O2/c1-2-19(16-7-4-3-5-8-16)21(29)27-13-11-26(12-14-27)20(28)17-9-6-10-18(15-17)22(23,24)25/h3-10,15,19H,2,11-14H2,1H3. The normalized spacial score (nSPS) is 15.9. The Hall–Kier alpha value is -2.83. The summed E-state index contributed by atoms with van der Waals surface area (Å²) in [4.78, 5) is 28.8. The van der Waals surface area contributed by atoms with E-state index in [0.717, 1.165) is 17.7 Å². The van der Waals surface area contributed by atoms with Crippen molar-refractivity contribution in [3.63, 3.8) is 0 Å². The second kappa shape index (κ2) is 8.68. The van der Waals surface area contributed by atoms with Gasteiger partial charge in [0.15, 0.2) is 0 Å². The largest absolute Gasteiger partial charge is 0.416 e. The zero-order chi connectivity index (χ0) is 21.0. The molecule has 1 saturated heterocycles. The molecule has 1 aliphatic heterocycles. The van der Waals surface area contributed by atoms with E-state index in [1.54, 1.807) is 4.90 Å². The maximum atomic E-state index is 12.9. The van der Waals surface area contributed by atoms with E-state index in [0.29, 0.717) is 32.6 Å². The first-order chi connectivity index (χ1) is 13.8. The number of amides is 2. The van der Waals surface area contributed by atoms with Crippen LogP contribution in [0.25, 0.3) is 0 Å². The molecule has 7 heteroatoms. The van der Waals surface area contributed by atoms with Gasteiger partial charge in [0.25, 0.3) is 5.91 Å². The van der Waals surface area contributed by atoms with Gasteiger partial charge >= 0.3 is 6.18 Å². The van der Waals surface area contributed by atoms with Crippen LogP contribution in [0, 0.1) is 0 Å². The summed E-state index contributed by atoms with van der Waals surface area (Å²) >= 11 is 0. The molecule has 4 nitrogen and oxygen atoms in total. The van der Waals surface area contributed by atoms with E-state index in [-0.39, 0.29) is 17.4 Å². The van der Waals surface area contributed by atoms with Crippen molar-refractivity contribution in [2.45, 2.75) is 25.4 Å². The van der Waals surface area contributed by atoms with Crippen molar-refractivity contribution in [2.75, 3.05) is 26.2 Å². The molecule has 0 spiro atoms. The smallest absolute Gasteiger partial charge is 0.339 e. The first-order valence-corrected chi connectivity index (χ1v) is 9.61. The molecule has 2 aromatic rings. The minimum atomic E-state index is -4.49. The van der Waals surface area contributed by atoms with Crippen molar-refractivity contribution in [3.05, 3.63) is 71.3 Å². The number of hydrogen-bond acceptors (Lipinski definition) is 2. The molecule has 2 amide bonds. The summed E-state index contributed by atoms with van der Waals surface area (Å²) < 4.78 is 38.7. The lowest BCUT2D eigenvalue weighted by Crippen LogP contribution is -2.51. The number of nitrogens with zero attached hydrogens (tertiary/aromatic N) is 2. The lowest BCUT2D eigenvalue weighted by Gasteiger charge is -2.36. The number of piperazine rings is 1. The van der Waals surface area contributed by atoms with Crippen molar-refractivity contribution in [2.24, 2.45) is 0 Å². The van der Waals surface area contributed by atoms with Gasteiger partial charge in [-0.2, -0.15) is 13.2 Å². The van der Waals surface area contributed by atoms with E-state index in [1.165, 1.54) is 17.0 Å². The minimum Gasteiger partial charge on any atom is -0.339 e. The third kappa shape index (κ3) is 4.78. The number of benzene rings is 2. The van der Waals surface area contributed by atoms with Gasteiger partial charge in [0.05, 0.1) is 11.5 Å². The van der Waals surface area contributed by atoms with Gasteiger partial charge in [0, 0.05) is 31.7 Å². The molecule has 1 unspecified atom stereocenters. The average molecular weight is 404 g/mol. The van der Waals surface area contributed by atoms with Crippen LogP contribution in [0.3, 0.4) is 0 Å². The summed E-state index contributed by atoms with van der Waals surface area (Å²) in [6, 6.07) is 14.0. The van der Waals surface area contributed by atoms with E-state index in [9.17, 15) is 22.8 Å². The average Bonchev–Trinajstić information content (AvgIpc) is 2.74. The first-order valence-electron chi connectivity index (χ1n) is 9.61. The number of hydrogen-bond donors (Lipinski definition) is 0. The van der Waals surface area contributed by atoms with Gasteiger partial charge < -0.3 is 9.80 Å². The molecule has 2 aromatic carbocycles. The molecule has 0 aromatic heterocycles. The Morgan fingerprint density at radius 1 is 0.931 bits per heavy atom. The fraction of sp³-hybridized carbons (Fsp3) is 0.364. The predicted molar refractivity (Wildman–Crippen MR) is 103 cm³/mol. The Balaban J connectivity index is 1.64. The fourth-order valence-electron chi connectivity index (χ4n) is 3.60. The molecule has 0 N–H and O–H groups in total. The van der Waals surface area contributed by atoms with Crippen LogP contribution in [-0.2, 0) is 11.0 Å². The van der Waals surface area contributed by atoms with Crippen LogP contribution < -0.4 is 0 Å². The Labute approximate surface area is 167 Å². The number of alkyl halides is 3. The molecule has 1 heterocycles. The molecule has 1 atom stereocenters. The van der Waals surface area contributed by atoms with Crippen LogP contribution in [0.5, 0.6) is 0 Å². The SMILES string of the molecule is CCC(C(=O)N1CCN(C(=O)c2cccc(C(F)(F)F)c2)CC1)c1ccccc1. The number of carbonyl (C=O) groups is 2. The summed E-state index contributed by atoms with van der Waals surface area (Å²) in [6.45, 7) is 3.29. The summed E-state index contributed by atoms with van der Waals surface area (Å²) in [5, 5.41) is 0. The lowest BCUT2D eigenvalue weighted by atomic mass is 9.95. The van der Waals surface area contributed by atoms with E-state index in [2.05, 4.69) is 0 Å². The monoisotopic (exact) mass is 404 g/mol. The Morgan fingerprint density at radius 3 is 2.14 bits per heavy atom. The molecule has 0 aliphatic carbocycles. The molecule has 29 heavy (non-hydrogen) atoms. The number of carbonyl (C=O) groups excluding carboxylic acids is 2. The summed E-state index contributed by atoms with van der Waals surface area (Å²) in [5.41, 5.74) is 0.128. The van der Waals surface area contributed by atoms with Gasteiger partial charge in [0.1, 0.15) is 0 Å². The third-order valence-corrected chi connectivity index (χ3v) is 5.22. The van der Waals surface area contributed by atoms with Crippen LogP contribution >= 0.6 is 0 Å². The summed E-state index contributed by atoms with van der Waals surface area (Å²) in [6.07, 6.45) is -3.82. The van der Waals surface area contributed by atoms with Crippen molar-refractivity contribution in [1.29, 1.82) is 0 Å². The molecule has 0 saturated carbocycles. The van der Waals surface area contributed by atoms with Gasteiger partial charge in [-0.05, 0) is 30.2 Å². The highest BCUT2D eigenvalue weighted by Crippen LogP contribution is 2.30. The van der Waals surface area contributed by atoms with Crippen molar-refractivity contribution < 1.29 is 22.8 Å². The zero-order valence-corrected chi connectivity index (χ0v) is 16.2. The second-order valence-corrected chi connectivity index (χ2v) is 7.07. The number of halogens is 3.